The minimum absolute atomic E-state index is 0.0487. The predicted molar refractivity (Wildman–Crippen MR) is 104 cm³/mol. The molecule has 0 unspecified atom stereocenters. The number of benzene rings is 1. The molecule has 2 aromatic rings. The van der Waals surface area contributed by atoms with Gasteiger partial charge in [0.05, 0.1) is 7.11 Å². The molecule has 2 aliphatic heterocycles. The van der Waals surface area contributed by atoms with Gasteiger partial charge in [-0.1, -0.05) is 19.1 Å². The fraction of sp³-hybridized carbons (Fsp3) is 0.524. The minimum Gasteiger partial charge on any atom is -0.497 e. The number of hydrogen-bond acceptors (Lipinski definition) is 4. The number of ether oxygens (including phenoxy) is 1. The third kappa shape index (κ3) is 3.12. The van der Waals surface area contributed by atoms with Crippen LogP contribution in [-0.2, 0) is 6.42 Å². The molecular formula is C21H28N4O2. The van der Waals surface area contributed by atoms with Crippen LogP contribution in [0.4, 0.5) is 0 Å². The van der Waals surface area contributed by atoms with Crippen molar-refractivity contribution in [2.24, 2.45) is 0 Å². The smallest absolute Gasteiger partial charge is 0.274 e. The average Bonchev–Trinajstić information content (AvgIpc) is 3.28. The molecule has 1 aromatic heterocycles. The molecule has 0 bridgehead atoms. The topological polar surface area (TPSA) is 70.2 Å². The molecule has 3 atom stereocenters. The third-order valence-corrected chi connectivity index (χ3v) is 6.15. The summed E-state index contributed by atoms with van der Waals surface area (Å²) in [6.07, 6.45) is 2.98. The highest BCUT2D eigenvalue weighted by Gasteiger charge is 2.46. The van der Waals surface area contributed by atoms with Gasteiger partial charge < -0.3 is 15.0 Å². The summed E-state index contributed by atoms with van der Waals surface area (Å²) in [5.74, 6) is 1.17. The quantitative estimate of drug-likeness (QED) is 0.870. The Labute approximate surface area is 160 Å². The van der Waals surface area contributed by atoms with Crippen molar-refractivity contribution in [3.05, 3.63) is 46.8 Å². The lowest BCUT2D eigenvalue weighted by Gasteiger charge is -2.33. The molecule has 2 aliphatic rings. The first-order chi connectivity index (χ1) is 13.1. The first-order valence-electron chi connectivity index (χ1n) is 9.86. The minimum atomic E-state index is 0.0487. The maximum Gasteiger partial charge on any atom is 0.274 e. The number of carbonyl (C=O) groups excluding carboxylic acids is 1. The number of likely N-dealkylation sites (tertiary alicyclic amines) is 1. The van der Waals surface area contributed by atoms with Crippen molar-refractivity contribution in [1.82, 2.24) is 20.4 Å². The Bertz CT molecular complexity index is 831. The van der Waals surface area contributed by atoms with Crippen LogP contribution >= 0.6 is 0 Å². The van der Waals surface area contributed by atoms with E-state index in [1.807, 2.05) is 24.0 Å². The molecule has 2 N–H and O–H groups in total. The predicted octanol–water partition coefficient (Wildman–Crippen LogP) is 2.65. The van der Waals surface area contributed by atoms with Crippen LogP contribution in [0.2, 0.25) is 0 Å². The van der Waals surface area contributed by atoms with Gasteiger partial charge in [-0.05, 0) is 50.4 Å². The number of nitrogens with zero attached hydrogens (tertiary/aromatic N) is 2. The molecule has 4 rings (SSSR count). The van der Waals surface area contributed by atoms with Crippen LogP contribution in [-0.4, -0.2) is 53.3 Å². The van der Waals surface area contributed by atoms with Gasteiger partial charge in [-0.3, -0.25) is 9.89 Å². The van der Waals surface area contributed by atoms with Crippen LogP contribution < -0.4 is 10.1 Å². The van der Waals surface area contributed by atoms with E-state index in [4.69, 9.17) is 4.74 Å². The zero-order valence-electron chi connectivity index (χ0n) is 16.3. The molecule has 2 saturated heterocycles. The van der Waals surface area contributed by atoms with Crippen LogP contribution in [0.3, 0.4) is 0 Å². The molecular weight excluding hydrogens is 340 g/mol. The molecule has 27 heavy (non-hydrogen) atoms. The van der Waals surface area contributed by atoms with Gasteiger partial charge in [-0.25, -0.2) is 0 Å². The summed E-state index contributed by atoms with van der Waals surface area (Å²) >= 11 is 0. The third-order valence-electron chi connectivity index (χ3n) is 6.15. The Balaban J connectivity index is 1.65. The standard InChI is InChI=1S/C21H28N4O2/c1-4-17-13(2)19(24-23-17)21(26)25-12-16(20-18(25)9-6-10-22-20)14-7-5-8-15(11-14)27-3/h5,7-8,11,16,18,20,22H,4,6,9-10,12H2,1-3H3,(H,23,24)/t16-,18-,20-/m1/s1. The molecule has 3 heterocycles. The van der Waals surface area contributed by atoms with E-state index in [1.165, 1.54) is 5.56 Å². The van der Waals surface area contributed by atoms with Gasteiger partial charge in [0.1, 0.15) is 5.75 Å². The molecule has 2 fully saturated rings. The normalized spacial score (nSPS) is 24.7. The van der Waals surface area contributed by atoms with E-state index < -0.39 is 0 Å². The molecule has 0 aliphatic carbocycles. The summed E-state index contributed by atoms with van der Waals surface area (Å²) in [6.45, 7) is 5.78. The molecule has 144 valence electrons. The number of hydrogen-bond donors (Lipinski definition) is 2. The van der Waals surface area contributed by atoms with Crippen LogP contribution in [0.1, 0.15) is 53.0 Å². The maximum atomic E-state index is 13.3. The number of aromatic amines is 1. The summed E-state index contributed by atoms with van der Waals surface area (Å²) in [7, 11) is 1.69. The number of rotatable bonds is 4. The van der Waals surface area contributed by atoms with Gasteiger partial charge in [0.15, 0.2) is 5.69 Å². The number of H-pyrrole nitrogens is 1. The van der Waals surface area contributed by atoms with Crippen LogP contribution in [0.15, 0.2) is 24.3 Å². The number of piperidine rings is 1. The average molecular weight is 368 g/mol. The first kappa shape index (κ1) is 18.0. The van der Waals surface area contributed by atoms with E-state index in [0.717, 1.165) is 42.8 Å². The molecule has 0 saturated carbocycles. The van der Waals surface area contributed by atoms with Gasteiger partial charge in [-0.2, -0.15) is 5.10 Å². The second-order valence-corrected chi connectivity index (χ2v) is 7.56. The fourth-order valence-electron chi connectivity index (χ4n) is 4.66. The van der Waals surface area contributed by atoms with E-state index in [-0.39, 0.29) is 23.9 Å². The molecule has 1 aromatic carbocycles. The SMILES string of the molecule is CCc1[nH]nc(C(=O)N2C[C@H](c3cccc(OC)c3)[C@H]3NCCC[C@H]32)c1C. The molecule has 0 radical (unpaired) electrons. The van der Waals surface area contributed by atoms with Crippen molar-refractivity contribution >= 4 is 5.91 Å². The zero-order chi connectivity index (χ0) is 19.0. The van der Waals surface area contributed by atoms with E-state index >= 15 is 0 Å². The van der Waals surface area contributed by atoms with Gasteiger partial charge in [0.2, 0.25) is 0 Å². The number of amides is 1. The lowest BCUT2D eigenvalue weighted by atomic mass is 9.87. The number of fused-ring (bicyclic) bond motifs is 1. The number of aromatic nitrogens is 2. The van der Waals surface area contributed by atoms with Gasteiger partial charge in [-0.15, -0.1) is 0 Å². The summed E-state index contributed by atoms with van der Waals surface area (Å²) in [5.41, 5.74) is 3.82. The fourth-order valence-corrected chi connectivity index (χ4v) is 4.66. The summed E-state index contributed by atoms with van der Waals surface area (Å²) in [4.78, 5) is 15.4. The van der Waals surface area contributed by atoms with Crippen molar-refractivity contribution in [2.75, 3.05) is 20.2 Å². The van der Waals surface area contributed by atoms with E-state index in [9.17, 15) is 4.79 Å². The summed E-state index contributed by atoms with van der Waals surface area (Å²) in [5, 5.41) is 11.0. The molecule has 0 spiro atoms. The van der Waals surface area contributed by atoms with Crippen molar-refractivity contribution < 1.29 is 9.53 Å². The zero-order valence-corrected chi connectivity index (χ0v) is 16.3. The monoisotopic (exact) mass is 368 g/mol. The van der Waals surface area contributed by atoms with Crippen LogP contribution in [0.5, 0.6) is 5.75 Å². The van der Waals surface area contributed by atoms with E-state index in [2.05, 4.69) is 34.6 Å². The highest BCUT2D eigenvalue weighted by atomic mass is 16.5. The van der Waals surface area contributed by atoms with Crippen molar-refractivity contribution in [3.8, 4) is 5.75 Å². The van der Waals surface area contributed by atoms with Gasteiger partial charge >= 0.3 is 0 Å². The second-order valence-electron chi connectivity index (χ2n) is 7.56. The molecule has 6 heteroatoms. The Hall–Kier alpha value is -2.34. The highest BCUT2D eigenvalue weighted by Crippen LogP contribution is 2.38. The molecule has 1 amide bonds. The maximum absolute atomic E-state index is 13.3. The van der Waals surface area contributed by atoms with Crippen molar-refractivity contribution in [1.29, 1.82) is 0 Å². The summed E-state index contributed by atoms with van der Waals surface area (Å²) in [6, 6.07) is 8.72. The number of aryl methyl sites for hydroxylation is 1. The number of nitrogens with one attached hydrogen (secondary N) is 2. The van der Waals surface area contributed by atoms with Crippen molar-refractivity contribution in [2.45, 2.75) is 51.1 Å². The first-order valence-corrected chi connectivity index (χ1v) is 9.86. The number of carbonyl (C=O) groups is 1. The summed E-state index contributed by atoms with van der Waals surface area (Å²) < 4.78 is 5.41. The van der Waals surface area contributed by atoms with Gasteiger partial charge in [0, 0.05) is 35.8 Å². The Kier molecular flexibility index (Phi) is 4.91. The number of methoxy groups -OCH3 is 1. The Morgan fingerprint density at radius 3 is 3.00 bits per heavy atom. The largest absolute Gasteiger partial charge is 0.497 e. The lowest BCUT2D eigenvalue weighted by Crippen LogP contribution is -2.49. The Morgan fingerprint density at radius 1 is 1.41 bits per heavy atom. The molecule has 6 nitrogen and oxygen atoms in total. The van der Waals surface area contributed by atoms with Crippen LogP contribution in [0.25, 0.3) is 0 Å². The van der Waals surface area contributed by atoms with Crippen molar-refractivity contribution in [3.63, 3.8) is 0 Å². The Morgan fingerprint density at radius 2 is 2.26 bits per heavy atom. The lowest BCUT2D eigenvalue weighted by molar-refractivity contribution is 0.0698. The second kappa shape index (κ2) is 7.35. The van der Waals surface area contributed by atoms with E-state index in [1.54, 1.807) is 7.11 Å². The van der Waals surface area contributed by atoms with Gasteiger partial charge in [0.25, 0.3) is 5.91 Å². The van der Waals surface area contributed by atoms with Crippen LogP contribution in [0, 0.1) is 6.92 Å². The highest BCUT2D eigenvalue weighted by molar-refractivity contribution is 5.94. The van der Waals surface area contributed by atoms with E-state index in [0.29, 0.717) is 12.2 Å².